The Bertz CT molecular complexity index is 573. The van der Waals surface area contributed by atoms with Crippen molar-refractivity contribution in [3.8, 4) is 0 Å². The lowest BCUT2D eigenvalue weighted by atomic mass is 9.58. The van der Waals surface area contributed by atoms with Crippen LogP contribution in [0.15, 0.2) is 61.2 Å². The third-order valence-electron chi connectivity index (χ3n) is 5.39. The Hall–Kier alpha value is -1.60. The molecule has 0 amide bonds. The fraction of sp³-hybridized carbons (Fsp3) is 0.478. The van der Waals surface area contributed by atoms with E-state index in [0.717, 1.165) is 6.54 Å². The molecule has 1 heteroatoms. The second-order valence-corrected chi connectivity index (χ2v) is 7.62. The van der Waals surface area contributed by atoms with Gasteiger partial charge in [-0.25, -0.2) is 0 Å². The Kier molecular flexibility index (Phi) is 6.62. The van der Waals surface area contributed by atoms with Crippen molar-refractivity contribution in [3.05, 3.63) is 72.4 Å². The van der Waals surface area contributed by atoms with E-state index < -0.39 is 0 Å². The maximum atomic E-state index is 3.93. The first-order chi connectivity index (χ1) is 11.5. The molecule has 1 N–H and O–H groups in total. The predicted octanol–water partition coefficient (Wildman–Crippen LogP) is 5.72. The van der Waals surface area contributed by atoms with Gasteiger partial charge in [-0.1, -0.05) is 81.5 Å². The molecule has 0 spiro atoms. The van der Waals surface area contributed by atoms with Crippen LogP contribution < -0.4 is 5.32 Å². The number of benzene rings is 1. The van der Waals surface area contributed by atoms with Gasteiger partial charge in [-0.2, -0.15) is 0 Å². The summed E-state index contributed by atoms with van der Waals surface area (Å²) in [5.41, 5.74) is 4.34. The maximum absolute atomic E-state index is 3.93. The number of nitrogens with one attached hydrogen (secondary N) is 1. The van der Waals surface area contributed by atoms with Crippen LogP contribution in [-0.2, 0) is 5.41 Å². The lowest BCUT2D eigenvalue weighted by Gasteiger charge is -2.49. The van der Waals surface area contributed by atoms with E-state index in [9.17, 15) is 0 Å². The van der Waals surface area contributed by atoms with E-state index in [0.29, 0.717) is 17.4 Å². The van der Waals surface area contributed by atoms with Crippen LogP contribution in [0.5, 0.6) is 0 Å². The van der Waals surface area contributed by atoms with E-state index in [1.165, 1.54) is 42.4 Å². The first-order valence-corrected chi connectivity index (χ1v) is 9.26. The fourth-order valence-electron chi connectivity index (χ4n) is 3.85. The minimum absolute atomic E-state index is 0.290. The van der Waals surface area contributed by atoms with Gasteiger partial charge in [0.05, 0.1) is 0 Å². The van der Waals surface area contributed by atoms with Crippen LogP contribution in [0.4, 0.5) is 0 Å². The highest BCUT2D eigenvalue weighted by Gasteiger charge is 2.45. The summed E-state index contributed by atoms with van der Waals surface area (Å²) in [5, 5.41) is 3.86. The van der Waals surface area contributed by atoms with E-state index in [4.69, 9.17) is 0 Å². The molecule has 1 unspecified atom stereocenters. The molecule has 1 aromatic carbocycles. The second-order valence-electron chi connectivity index (χ2n) is 7.62. The summed E-state index contributed by atoms with van der Waals surface area (Å²) >= 11 is 0. The topological polar surface area (TPSA) is 12.0 Å². The molecule has 0 heterocycles. The van der Waals surface area contributed by atoms with Crippen molar-refractivity contribution in [1.82, 2.24) is 5.32 Å². The third-order valence-corrected chi connectivity index (χ3v) is 5.39. The standard InChI is InChI=1S/C23H33N/c1-6-9-20(7-2)17-24-22(16-18(3)4)23(14-8-15-23)21-12-10-19(5)11-13-21/h6-7,9-13,18,22,24H,1-2,8,14-17H2,3-5H3/b20-9+. The molecule has 0 radical (unpaired) electrons. The van der Waals surface area contributed by atoms with Crippen molar-refractivity contribution in [3.63, 3.8) is 0 Å². The lowest BCUT2D eigenvalue weighted by molar-refractivity contribution is 0.154. The van der Waals surface area contributed by atoms with Gasteiger partial charge < -0.3 is 5.32 Å². The quantitative estimate of drug-likeness (QED) is 0.573. The van der Waals surface area contributed by atoms with Gasteiger partial charge in [0, 0.05) is 18.0 Å². The molecule has 24 heavy (non-hydrogen) atoms. The Morgan fingerprint density at radius 1 is 1.21 bits per heavy atom. The van der Waals surface area contributed by atoms with E-state index in [1.807, 2.05) is 18.2 Å². The first kappa shape index (κ1) is 18.7. The molecular weight excluding hydrogens is 290 g/mol. The van der Waals surface area contributed by atoms with Crippen LogP contribution in [0.2, 0.25) is 0 Å². The van der Waals surface area contributed by atoms with E-state index in [-0.39, 0.29) is 0 Å². The van der Waals surface area contributed by atoms with Gasteiger partial charge in [0.25, 0.3) is 0 Å². The van der Waals surface area contributed by atoms with E-state index in [2.05, 4.69) is 63.5 Å². The summed E-state index contributed by atoms with van der Waals surface area (Å²) in [4.78, 5) is 0. The molecule has 0 aliphatic heterocycles. The highest BCUT2D eigenvalue weighted by Crippen LogP contribution is 2.48. The highest BCUT2D eigenvalue weighted by atomic mass is 14.9. The average Bonchev–Trinajstić information content (AvgIpc) is 2.51. The van der Waals surface area contributed by atoms with Gasteiger partial charge in [0.2, 0.25) is 0 Å². The van der Waals surface area contributed by atoms with Crippen LogP contribution in [0.3, 0.4) is 0 Å². The second kappa shape index (κ2) is 8.48. The smallest absolute Gasteiger partial charge is 0.0208 e. The van der Waals surface area contributed by atoms with Gasteiger partial charge in [0.1, 0.15) is 0 Å². The van der Waals surface area contributed by atoms with Gasteiger partial charge in [-0.15, -0.1) is 0 Å². The Morgan fingerprint density at radius 3 is 2.33 bits per heavy atom. The van der Waals surface area contributed by atoms with Crippen LogP contribution >= 0.6 is 0 Å². The molecule has 0 bridgehead atoms. The number of hydrogen-bond donors (Lipinski definition) is 1. The Balaban J connectivity index is 2.24. The lowest BCUT2D eigenvalue weighted by Crippen LogP contribution is -2.53. The van der Waals surface area contributed by atoms with Crippen LogP contribution in [-0.4, -0.2) is 12.6 Å². The molecule has 1 aromatic rings. The summed E-state index contributed by atoms with van der Waals surface area (Å²) in [5.74, 6) is 0.681. The number of allylic oxidation sites excluding steroid dienone is 2. The molecular formula is C23H33N. The van der Waals surface area contributed by atoms with Crippen molar-refractivity contribution < 1.29 is 0 Å². The van der Waals surface area contributed by atoms with Crippen molar-refractivity contribution in [1.29, 1.82) is 0 Å². The third kappa shape index (κ3) is 4.27. The predicted molar refractivity (Wildman–Crippen MR) is 106 cm³/mol. The van der Waals surface area contributed by atoms with Crippen molar-refractivity contribution in [2.45, 2.75) is 57.9 Å². The normalized spacial score (nSPS) is 18.1. The van der Waals surface area contributed by atoms with Crippen molar-refractivity contribution in [2.24, 2.45) is 5.92 Å². The molecule has 1 aliphatic carbocycles. The largest absolute Gasteiger partial charge is 0.309 e. The molecule has 1 aliphatic rings. The van der Waals surface area contributed by atoms with Crippen molar-refractivity contribution >= 4 is 0 Å². The van der Waals surface area contributed by atoms with E-state index >= 15 is 0 Å². The number of rotatable bonds is 9. The van der Waals surface area contributed by atoms with Gasteiger partial charge in [0.15, 0.2) is 0 Å². The summed E-state index contributed by atoms with van der Waals surface area (Å²) in [6, 6.07) is 9.71. The summed E-state index contributed by atoms with van der Waals surface area (Å²) in [6.07, 6.45) is 10.9. The highest BCUT2D eigenvalue weighted by molar-refractivity contribution is 5.33. The molecule has 1 atom stereocenters. The zero-order valence-electron chi connectivity index (χ0n) is 15.6. The Labute approximate surface area is 148 Å². The monoisotopic (exact) mass is 323 g/mol. The Morgan fingerprint density at radius 2 is 1.88 bits per heavy atom. The molecule has 2 rings (SSSR count). The summed E-state index contributed by atoms with van der Waals surface area (Å²) < 4.78 is 0. The summed E-state index contributed by atoms with van der Waals surface area (Å²) in [6.45, 7) is 15.4. The minimum atomic E-state index is 0.290. The molecule has 1 fully saturated rings. The van der Waals surface area contributed by atoms with Gasteiger partial charge in [-0.3, -0.25) is 0 Å². The molecule has 130 valence electrons. The average molecular weight is 324 g/mol. The van der Waals surface area contributed by atoms with Crippen LogP contribution in [0.25, 0.3) is 0 Å². The molecule has 1 nitrogen and oxygen atoms in total. The van der Waals surface area contributed by atoms with Crippen molar-refractivity contribution in [2.75, 3.05) is 6.54 Å². The fourth-order valence-corrected chi connectivity index (χ4v) is 3.85. The van der Waals surface area contributed by atoms with E-state index in [1.54, 1.807) is 0 Å². The van der Waals surface area contributed by atoms with Gasteiger partial charge in [-0.05, 0) is 43.2 Å². The SMILES string of the molecule is C=C/C=C(\C=C)CNC(CC(C)C)C1(c2ccc(C)cc2)CCC1. The van der Waals surface area contributed by atoms with Gasteiger partial charge >= 0.3 is 0 Å². The maximum Gasteiger partial charge on any atom is 0.0208 e. The minimum Gasteiger partial charge on any atom is -0.309 e. The molecule has 0 aromatic heterocycles. The number of hydrogen-bond acceptors (Lipinski definition) is 1. The molecule has 0 saturated heterocycles. The first-order valence-electron chi connectivity index (χ1n) is 9.26. The molecule has 1 saturated carbocycles. The number of aryl methyl sites for hydroxylation is 1. The summed E-state index contributed by atoms with van der Waals surface area (Å²) in [7, 11) is 0. The van der Waals surface area contributed by atoms with Crippen LogP contribution in [0, 0.1) is 12.8 Å². The zero-order chi connectivity index (χ0) is 17.6. The zero-order valence-corrected chi connectivity index (χ0v) is 15.6. The van der Waals surface area contributed by atoms with Crippen LogP contribution in [0.1, 0.15) is 50.7 Å².